The molecule has 0 spiro atoms. The quantitative estimate of drug-likeness (QED) is 0.859. The summed E-state index contributed by atoms with van der Waals surface area (Å²) in [7, 11) is 0. The van der Waals surface area contributed by atoms with Crippen molar-refractivity contribution in [2.24, 2.45) is 11.7 Å². The number of hydrogen-bond donors (Lipinski definition) is 1. The molecule has 1 aliphatic rings. The van der Waals surface area contributed by atoms with Crippen molar-refractivity contribution >= 4 is 17.2 Å². The van der Waals surface area contributed by atoms with Gasteiger partial charge in [-0.2, -0.15) is 0 Å². The van der Waals surface area contributed by atoms with Gasteiger partial charge in [0.15, 0.2) is 0 Å². The van der Waals surface area contributed by atoms with Crippen molar-refractivity contribution < 1.29 is 0 Å². The molecule has 0 aromatic heterocycles. The third kappa shape index (κ3) is 3.34. The van der Waals surface area contributed by atoms with E-state index >= 15 is 0 Å². The van der Waals surface area contributed by atoms with E-state index in [1.54, 1.807) is 0 Å². The van der Waals surface area contributed by atoms with Crippen LogP contribution in [-0.4, -0.2) is 22.5 Å². The topological polar surface area (TPSA) is 29.3 Å². The molecule has 104 valence electrons. The molecular formula is C16H24N2S. The molecule has 2 atom stereocenters. The standard InChI is InChI=1S/C16H24N2S/c1-11-5-4-8-18(13(11)3)10-15-7-6-14(16(17)19)9-12(15)2/h6-7,9,11,13H,4-5,8,10H2,1-3H3,(H2,17,19). The molecule has 2 N–H and O–H groups in total. The summed E-state index contributed by atoms with van der Waals surface area (Å²) in [6.07, 6.45) is 2.67. The Balaban J connectivity index is 2.12. The van der Waals surface area contributed by atoms with E-state index in [0.717, 1.165) is 18.0 Å². The molecule has 2 unspecified atom stereocenters. The molecule has 3 heteroatoms. The minimum absolute atomic E-state index is 0.481. The highest BCUT2D eigenvalue weighted by atomic mass is 32.1. The highest BCUT2D eigenvalue weighted by Crippen LogP contribution is 2.25. The Hall–Kier alpha value is -0.930. The molecule has 19 heavy (non-hydrogen) atoms. The van der Waals surface area contributed by atoms with Crippen LogP contribution < -0.4 is 5.73 Å². The van der Waals surface area contributed by atoms with Crippen molar-refractivity contribution in [3.8, 4) is 0 Å². The molecule has 2 rings (SSSR count). The Kier molecular flexibility index (Phi) is 4.58. The maximum atomic E-state index is 5.68. The lowest BCUT2D eigenvalue weighted by Crippen LogP contribution is -2.41. The predicted molar refractivity (Wildman–Crippen MR) is 85.3 cm³/mol. The summed E-state index contributed by atoms with van der Waals surface area (Å²) in [6, 6.07) is 7.00. The first kappa shape index (κ1) is 14.5. The van der Waals surface area contributed by atoms with Crippen molar-refractivity contribution in [3.63, 3.8) is 0 Å². The van der Waals surface area contributed by atoms with E-state index in [9.17, 15) is 0 Å². The largest absolute Gasteiger partial charge is 0.389 e. The molecule has 1 aliphatic heterocycles. The minimum atomic E-state index is 0.481. The number of hydrogen-bond acceptors (Lipinski definition) is 2. The second kappa shape index (κ2) is 6.02. The van der Waals surface area contributed by atoms with E-state index in [-0.39, 0.29) is 0 Å². The van der Waals surface area contributed by atoms with Crippen LogP contribution in [0.3, 0.4) is 0 Å². The van der Waals surface area contributed by atoms with Crippen LogP contribution in [0.5, 0.6) is 0 Å². The number of likely N-dealkylation sites (tertiary alicyclic amines) is 1. The van der Waals surface area contributed by atoms with Crippen molar-refractivity contribution in [1.29, 1.82) is 0 Å². The number of thiocarbonyl (C=S) groups is 1. The van der Waals surface area contributed by atoms with Crippen molar-refractivity contribution in [3.05, 3.63) is 34.9 Å². The van der Waals surface area contributed by atoms with E-state index < -0.39 is 0 Å². The lowest BCUT2D eigenvalue weighted by Gasteiger charge is -2.38. The fourth-order valence-electron chi connectivity index (χ4n) is 2.89. The molecule has 1 heterocycles. The Morgan fingerprint density at radius 1 is 1.42 bits per heavy atom. The normalized spacial score (nSPS) is 24.4. The number of benzene rings is 1. The first-order valence-electron chi connectivity index (χ1n) is 7.12. The van der Waals surface area contributed by atoms with Gasteiger partial charge in [-0.05, 0) is 56.3 Å². The SMILES string of the molecule is Cc1cc(C(N)=S)ccc1CN1CCCC(C)C1C. The van der Waals surface area contributed by atoms with Crippen LogP contribution in [-0.2, 0) is 6.54 Å². The lowest BCUT2D eigenvalue weighted by atomic mass is 9.91. The summed E-state index contributed by atoms with van der Waals surface area (Å²) >= 11 is 5.03. The van der Waals surface area contributed by atoms with Gasteiger partial charge in [-0.1, -0.05) is 31.3 Å². The van der Waals surface area contributed by atoms with Crippen LogP contribution in [0.4, 0.5) is 0 Å². The third-order valence-corrected chi connectivity index (χ3v) is 4.74. The van der Waals surface area contributed by atoms with Crippen molar-refractivity contribution in [2.45, 2.75) is 46.2 Å². The number of piperidine rings is 1. The van der Waals surface area contributed by atoms with Crippen LogP contribution in [0.15, 0.2) is 18.2 Å². The first-order chi connectivity index (χ1) is 8.99. The minimum Gasteiger partial charge on any atom is -0.389 e. The number of aryl methyl sites for hydroxylation is 1. The van der Waals surface area contributed by atoms with Gasteiger partial charge in [-0.25, -0.2) is 0 Å². The van der Waals surface area contributed by atoms with Gasteiger partial charge in [0.1, 0.15) is 4.99 Å². The lowest BCUT2D eigenvalue weighted by molar-refractivity contribution is 0.106. The van der Waals surface area contributed by atoms with Crippen molar-refractivity contribution in [2.75, 3.05) is 6.54 Å². The predicted octanol–water partition coefficient (Wildman–Crippen LogP) is 3.25. The van der Waals surface area contributed by atoms with E-state index in [1.807, 2.05) is 6.07 Å². The molecule has 1 aromatic carbocycles. The maximum Gasteiger partial charge on any atom is 0.103 e. The van der Waals surface area contributed by atoms with Gasteiger partial charge in [-0.3, -0.25) is 4.90 Å². The summed E-state index contributed by atoms with van der Waals surface area (Å²) in [4.78, 5) is 3.08. The van der Waals surface area contributed by atoms with E-state index in [4.69, 9.17) is 18.0 Å². The van der Waals surface area contributed by atoms with E-state index in [1.165, 1.54) is 30.5 Å². The average molecular weight is 276 g/mol. The average Bonchev–Trinajstić information content (AvgIpc) is 2.37. The molecule has 2 nitrogen and oxygen atoms in total. The highest BCUT2D eigenvalue weighted by Gasteiger charge is 2.24. The summed E-state index contributed by atoms with van der Waals surface area (Å²) in [5.41, 5.74) is 9.32. The first-order valence-corrected chi connectivity index (χ1v) is 7.53. The van der Waals surface area contributed by atoms with Crippen LogP contribution in [0.1, 0.15) is 43.4 Å². The fourth-order valence-corrected chi connectivity index (χ4v) is 3.02. The number of nitrogens with two attached hydrogens (primary N) is 1. The molecule has 0 bridgehead atoms. The Bertz CT molecular complexity index is 470. The van der Waals surface area contributed by atoms with Gasteiger partial charge in [0.25, 0.3) is 0 Å². The molecule has 1 fully saturated rings. The van der Waals surface area contributed by atoms with E-state index in [2.05, 4.69) is 37.8 Å². The Labute approximate surface area is 122 Å². The van der Waals surface area contributed by atoms with Crippen LogP contribution in [0, 0.1) is 12.8 Å². The number of rotatable bonds is 3. The summed E-state index contributed by atoms with van der Waals surface area (Å²) in [5, 5.41) is 0. The van der Waals surface area contributed by atoms with Gasteiger partial charge in [-0.15, -0.1) is 0 Å². The number of nitrogens with zero attached hydrogens (tertiary/aromatic N) is 1. The molecule has 0 aliphatic carbocycles. The molecule has 0 saturated carbocycles. The third-order valence-electron chi connectivity index (χ3n) is 4.50. The molecule has 0 amide bonds. The Morgan fingerprint density at radius 2 is 2.16 bits per heavy atom. The van der Waals surface area contributed by atoms with Crippen LogP contribution in [0.25, 0.3) is 0 Å². The van der Waals surface area contributed by atoms with Crippen molar-refractivity contribution in [1.82, 2.24) is 4.90 Å². The fraction of sp³-hybridized carbons (Fsp3) is 0.562. The molecule has 1 aromatic rings. The smallest absolute Gasteiger partial charge is 0.103 e. The Morgan fingerprint density at radius 3 is 2.79 bits per heavy atom. The van der Waals surface area contributed by atoms with Crippen LogP contribution >= 0.6 is 12.2 Å². The van der Waals surface area contributed by atoms with Crippen LogP contribution in [0.2, 0.25) is 0 Å². The summed E-state index contributed by atoms with van der Waals surface area (Å²) in [6.45, 7) is 9.11. The second-order valence-electron chi connectivity index (χ2n) is 5.84. The van der Waals surface area contributed by atoms with Gasteiger partial charge in [0.05, 0.1) is 0 Å². The van der Waals surface area contributed by atoms with Gasteiger partial charge < -0.3 is 5.73 Å². The molecular weight excluding hydrogens is 252 g/mol. The second-order valence-corrected chi connectivity index (χ2v) is 6.28. The summed E-state index contributed by atoms with van der Waals surface area (Å²) < 4.78 is 0. The molecule has 1 saturated heterocycles. The highest BCUT2D eigenvalue weighted by molar-refractivity contribution is 7.80. The molecule has 0 radical (unpaired) electrons. The maximum absolute atomic E-state index is 5.68. The zero-order valence-corrected chi connectivity index (χ0v) is 13.0. The zero-order valence-electron chi connectivity index (χ0n) is 12.1. The monoisotopic (exact) mass is 276 g/mol. The van der Waals surface area contributed by atoms with Gasteiger partial charge >= 0.3 is 0 Å². The zero-order chi connectivity index (χ0) is 14.0. The summed E-state index contributed by atoms with van der Waals surface area (Å²) in [5.74, 6) is 0.796. The van der Waals surface area contributed by atoms with Gasteiger partial charge in [0, 0.05) is 18.2 Å². The van der Waals surface area contributed by atoms with E-state index in [0.29, 0.717) is 11.0 Å². The van der Waals surface area contributed by atoms with Gasteiger partial charge in [0.2, 0.25) is 0 Å².